The number of benzene rings is 2. The maximum atomic E-state index is 13.2. The molecule has 0 aromatic heterocycles. The molecule has 1 saturated carbocycles. The lowest BCUT2D eigenvalue weighted by Gasteiger charge is -2.18. The predicted octanol–water partition coefficient (Wildman–Crippen LogP) is -0.237. The van der Waals surface area contributed by atoms with E-state index in [-0.39, 0.29) is 68.7 Å². The number of nitrogens with two attached hydrogens (primary N) is 2. The highest BCUT2D eigenvalue weighted by molar-refractivity contribution is 5.90. The molecule has 2 saturated heterocycles. The van der Waals surface area contributed by atoms with Crippen LogP contribution in [0.5, 0.6) is 0 Å². The van der Waals surface area contributed by atoms with Gasteiger partial charge in [-0.05, 0) is 23.1 Å². The summed E-state index contributed by atoms with van der Waals surface area (Å²) in [5.41, 5.74) is 13.5. The minimum Gasteiger partial charge on any atom is -0.369 e. The van der Waals surface area contributed by atoms with Crippen molar-refractivity contribution in [1.82, 2.24) is 15.1 Å². The molecule has 6 atom stereocenters. The first-order valence-electron chi connectivity index (χ1n) is 14.2. The van der Waals surface area contributed by atoms with E-state index in [0.29, 0.717) is 17.4 Å². The fraction of sp³-hybridized carbons (Fsp3) is 0.419. The first-order valence-corrected chi connectivity index (χ1v) is 14.2. The van der Waals surface area contributed by atoms with E-state index >= 15 is 0 Å². The van der Waals surface area contributed by atoms with Crippen molar-refractivity contribution in [2.45, 2.75) is 31.2 Å². The van der Waals surface area contributed by atoms with Gasteiger partial charge in [0.1, 0.15) is 6.29 Å². The van der Waals surface area contributed by atoms with Crippen LogP contribution >= 0.6 is 0 Å². The number of hydrogen-bond donors (Lipinski definition) is 3. The highest BCUT2D eigenvalue weighted by Gasteiger charge is 2.46. The predicted molar refractivity (Wildman–Crippen MR) is 151 cm³/mol. The molecule has 0 spiro atoms. The van der Waals surface area contributed by atoms with Gasteiger partial charge in [0.2, 0.25) is 29.5 Å². The summed E-state index contributed by atoms with van der Waals surface area (Å²) in [5, 5.41) is 3.04. The van der Waals surface area contributed by atoms with Crippen LogP contribution < -0.4 is 16.8 Å². The Labute approximate surface area is 243 Å². The molecule has 5 amide bonds. The monoisotopic (exact) mass is 573 g/mol. The molecule has 1 aliphatic carbocycles. The molecule has 11 heteroatoms. The van der Waals surface area contributed by atoms with E-state index in [2.05, 4.69) is 5.32 Å². The largest absolute Gasteiger partial charge is 0.369 e. The second-order valence-corrected chi connectivity index (χ2v) is 11.6. The normalized spacial score (nSPS) is 26.5. The minimum atomic E-state index is -0.772. The van der Waals surface area contributed by atoms with E-state index in [0.717, 1.165) is 12.0 Å². The Morgan fingerprint density at radius 1 is 0.762 bits per heavy atom. The van der Waals surface area contributed by atoms with E-state index in [1.807, 2.05) is 30.3 Å². The zero-order valence-corrected chi connectivity index (χ0v) is 23.2. The Morgan fingerprint density at radius 2 is 1.33 bits per heavy atom. The molecule has 2 aromatic carbocycles. The number of amides is 5. The van der Waals surface area contributed by atoms with Gasteiger partial charge < -0.3 is 31.4 Å². The molecule has 2 heterocycles. The molecule has 3 aliphatic rings. The van der Waals surface area contributed by atoms with E-state index in [1.54, 1.807) is 24.3 Å². The molecular weight excluding hydrogens is 538 g/mol. The zero-order valence-electron chi connectivity index (χ0n) is 23.2. The first-order chi connectivity index (χ1) is 20.1. The van der Waals surface area contributed by atoms with Crippen LogP contribution in [0.1, 0.15) is 29.0 Å². The molecule has 42 heavy (non-hydrogen) atoms. The van der Waals surface area contributed by atoms with Crippen LogP contribution in [0, 0.1) is 23.7 Å². The zero-order chi connectivity index (χ0) is 30.0. The van der Waals surface area contributed by atoms with Crippen molar-refractivity contribution >= 4 is 35.8 Å². The van der Waals surface area contributed by atoms with Crippen LogP contribution in [0.25, 0.3) is 0 Å². The minimum absolute atomic E-state index is 0.00445. The summed E-state index contributed by atoms with van der Waals surface area (Å²) in [5.74, 6) is -4.52. The number of nitrogens with zero attached hydrogens (tertiary/aromatic N) is 2. The van der Waals surface area contributed by atoms with Crippen molar-refractivity contribution < 1.29 is 28.8 Å². The molecule has 2 aliphatic heterocycles. The van der Waals surface area contributed by atoms with Crippen molar-refractivity contribution in [2.75, 3.05) is 26.2 Å². The van der Waals surface area contributed by atoms with E-state index in [1.165, 1.54) is 9.80 Å². The Balaban J connectivity index is 1.17. The van der Waals surface area contributed by atoms with Crippen molar-refractivity contribution in [1.29, 1.82) is 0 Å². The Hall–Kier alpha value is -4.54. The van der Waals surface area contributed by atoms with E-state index in [4.69, 9.17) is 11.5 Å². The summed E-state index contributed by atoms with van der Waals surface area (Å²) in [6.45, 7) is 0.429. The summed E-state index contributed by atoms with van der Waals surface area (Å²) in [6, 6.07) is 17.0. The van der Waals surface area contributed by atoms with Crippen LogP contribution in [0.3, 0.4) is 0 Å². The number of rotatable bonds is 10. The lowest BCUT2D eigenvalue weighted by molar-refractivity contribution is -0.131. The van der Waals surface area contributed by atoms with Gasteiger partial charge >= 0.3 is 0 Å². The van der Waals surface area contributed by atoms with Gasteiger partial charge in [-0.25, -0.2) is 0 Å². The molecule has 220 valence electrons. The molecule has 0 bridgehead atoms. The number of hydrogen-bond acceptors (Lipinski definition) is 6. The van der Waals surface area contributed by atoms with Crippen LogP contribution in [0.15, 0.2) is 54.6 Å². The molecular formula is C31H35N5O6. The third-order valence-electron chi connectivity index (χ3n) is 8.68. The van der Waals surface area contributed by atoms with Crippen molar-refractivity contribution in [3.05, 3.63) is 71.3 Å². The van der Waals surface area contributed by atoms with Gasteiger partial charge in [-0.1, -0.05) is 54.6 Å². The fourth-order valence-electron chi connectivity index (χ4n) is 6.17. The van der Waals surface area contributed by atoms with Gasteiger partial charge in [0, 0.05) is 44.1 Å². The van der Waals surface area contributed by atoms with Gasteiger partial charge in [-0.3, -0.25) is 24.0 Å². The van der Waals surface area contributed by atoms with Crippen molar-refractivity contribution in [2.24, 2.45) is 35.1 Å². The quantitative estimate of drug-likeness (QED) is 0.331. The number of carbonyl (C=O) groups is 6. The van der Waals surface area contributed by atoms with Gasteiger partial charge in [0.25, 0.3) is 0 Å². The standard InChI is InChI=1S/C31H35N5O6/c32-29(40)23-14-35(13-21(23)17-37)27(38)10-18-5-4-6-19(9-18)11-28(39)36-15-24(30(33)41)25(16-36)31(42)34-26-12-22(26)20-7-2-1-3-8-20/h1-9,17,21-26H,10-16H2,(H2,32,40)(H2,33,41)(H,34,42)/t21-,22+,23+,24+,25+,26-/m0/s1. The molecule has 2 aromatic rings. The average molecular weight is 574 g/mol. The Bertz CT molecular complexity index is 1400. The average Bonchev–Trinajstić information content (AvgIpc) is 3.37. The molecule has 5 N–H and O–H groups in total. The number of primary amides is 2. The van der Waals surface area contributed by atoms with Gasteiger partial charge in [0.05, 0.1) is 30.6 Å². The second kappa shape index (κ2) is 12.1. The van der Waals surface area contributed by atoms with Crippen LogP contribution in [0.2, 0.25) is 0 Å². The highest BCUT2D eigenvalue weighted by Crippen LogP contribution is 2.41. The first kappa shape index (κ1) is 29.0. The number of likely N-dealkylation sites (tertiary alicyclic amines) is 2. The van der Waals surface area contributed by atoms with Gasteiger partial charge in [-0.2, -0.15) is 0 Å². The summed E-state index contributed by atoms with van der Waals surface area (Å²) >= 11 is 0. The molecule has 5 rings (SSSR count). The fourth-order valence-corrected chi connectivity index (χ4v) is 6.17. The van der Waals surface area contributed by atoms with E-state index in [9.17, 15) is 28.8 Å². The van der Waals surface area contributed by atoms with Crippen LogP contribution in [-0.2, 0) is 41.6 Å². The summed E-state index contributed by atoms with van der Waals surface area (Å²) in [6.07, 6.45) is 1.56. The van der Waals surface area contributed by atoms with E-state index < -0.39 is 35.5 Å². The van der Waals surface area contributed by atoms with Crippen LogP contribution in [0.4, 0.5) is 0 Å². The summed E-state index contributed by atoms with van der Waals surface area (Å²) in [4.78, 5) is 77.3. The Kier molecular flexibility index (Phi) is 8.37. The highest BCUT2D eigenvalue weighted by atomic mass is 16.2. The molecule has 3 fully saturated rings. The van der Waals surface area contributed by atoms with Crippen LogP contribution in [-0.4, -0.2) is 77.8 Å². The maximum Gasteiger partial charge on any atom is 0.227 e. The lowest BCUT2D eigenvalue weighted by Crippen LogP contribution is -2.40. The van der Waals surface area contributed by atoms with Gasteiger partial charge in [0.15, 0.2) is 0 Å². The number of aldehydes is 1. The second-order valence-electron chi connectivity index (χ2n) is 11.6. The van der Waals surface area contributed by atoms with Crippen molar-refractivity contribution in [3.8, 4) is 0 Å². The maximum absolute atomic E-state index is 13.2. The lowest BCUT2D eigenvalue weighted by atomic mass is 9.94. The van der Waals surface area contributed by atoms with Crippen molar-refractivity contribution in [3.63, 3.8) is 0 Å². The molecule has 0 radical (unpaired) electrons. The SMILES string of the molecule is NC(=O)[C@@H]1CN(C(=O)Cc2cccc(CC(=O)N3C[C@@H](C(N)=O)[C@H](C(=O)N[C@H]4C[C@@H]4c4ccccc4)C3)c2)C[C@H]1C=O. The third kappa shape index (κ3) is 6.35. The Morgan fingerprint density at radius 3 is 1.90 bits per heavy atom. The summed E-state index contributed by atoms with van der Waals surface area (Å²) in [7, 11) is 0. The number of nitrogens with one attached hydrogen (secondary N) is 1. The summed E-state index contributed by atoms with van der Waals surface area (Å²) < 4.78 is 0. The number of carbonyl (C=O) groups excluding carboxylic acids is 6. The van der Waals surface area contributed by atoms with Gasteiger partial charge in [-0.15, -0.1) is 0 Å². The third-order valence-corrected chi connectivity index (χ3v) is 8.68. The topological polar surface area (TPSA) is 173 Å². The molecule has 11 nitrogen and oxygen atoms in total. The smallest absolute Gasteiger partial charge is 0.227 e. The molecule has 0 unspecified atom stereocenters.